The van der Waals surface area contributed by atoms with Gasteiger partial charge in [-0.15, -0.1) is 0 Å². The number of amides is 1. The summed E-state index contributed by atoms with van der Waals surface area (Å²) in [6.07, 6.45) is 10.0. The summed E-state index contributed by atoms with van der Waals surface area (Å²) in [6, 6.07) is 18.1. The van der Waals surface area contributed by atoms with Crippen LogP contribution in [0.1, 0.15) is 53.0 Å². The summed E-state index contributed by atoms with van der Waals surface area (Å²) in [5.74, 6) is 6.75. The number of ether oxygens (including phenoxy) is 1. The molecule has 7 heteroatoms. The number of fused-ring (bicyclic) bond motifs is 1. The summed E-state index contributed by atoms with van der Waals surface area (Å²) in [5.41, 5.74) is 6.33. The molecule has 2 atom stereocenters. The molecule has 1 aliphatic carbocycles. The van der Waals surface area contributed by atoms with Crippen LogP contribution in [0, 0.1) is 37.5 Å². The Labute approximate surface area is 241 Å². The summed E-state index contributed by atoms with van der Waals surface area (Å²) < 4.78 is 6.53. The van der Waals surface area contributed by atoms with E-state index in [0.717, 1.165) is 59.3 Å². The molecule has 41 heavy (non-hydrogen) atoms. The second-order valence-electron chi connectivity index (χ2n) is 10.9. The molecule has 1 aliphatic heterocycles. The Hall–Kier alpha value is -4.41. The first kappa shape index (κ1) is 26.8. The monoisotopic (exact) mass is 545 g/mol. The fourth-order valence-electron chi connectivity index (χ4n) is 5.44. The average molecular weight is 546 g/mol. The van der Waals surface area contributed by atoms with Gasteiger partial charge < -0.3 is 15.0 Å². The van der Waals surface area contributed by atoms with Gasteiger partial charge in [-0.3, -0.25) is 14.9 Å². The molecule has 2 aromatic carbocycles. The fraction of sp³-hybridized carbons (Fsp3) is 0.324. The maximum absolute atomic E-state index is 13.5. The predicted octanol–water partition coefficient (Wildman–Crippen LogP) is 6.32. The first-order valence-corrected chi connectivity index (χ1v) is 14.4. The molecule has 2 aliphatic rings. The molecule has 4 aromatic rings. The van der Waals surface area contributed by atoms with Crippen LogP contribution >= 0.6 is 0 Å². The molecule has 0 spiro atoms. The number of para-hydroxylation sites is 1. The highest BCUT2D eigenvalue weighted by atomic mass is 16.5. The number of H-pyrrole nitrogens is 1. The van der Waals surface area contributed by atoms with E-state index in [1.54, 1.807) is 0 Å². The molecule has 1 saturated heterocycles. The minimum Gasteiger partial charge on any atom is -0.357 e. The van der Waals surface area contributed by atoms with Gasteiger partial charge in [0.25, 0.3) is 5.91 Å². The van der Waals surface area contributed by atoms with Crippen LogP contribution in [-0.2, 0) is 4.74 Å². The van der Waals surface area contributed by atoms with Crippen molar-refractivity contribution < 1.29 is 9.53 Å². The molecular weight excluding hydrogens is 510 g/mol. The number of aromatic nitrogens is 3. The van der Waals surface area contributed by atoms with E-state index in [1.165, 1.54) is 5.56 Å². The van der Waals surface area contributed by atoms with E-state index in [-0.39, 0.29) is 18.1 Å². The Bertz CT molecular complexity index is 1620. The highest BCUT2D eigenvalue weighted by Crippen LogP contribution is 2.38. The zero-order chi connectivity index (χ0) is 28.2. The molecule has 0 bridgehead atoms. The lowest BCUT2D eigenvalue weighted by molar-refractivity contribution is -0.00585. The lowest BCUT2D eigenvalue weighted by atomic mass is 9.95. The number of carbonyl (C=O) groups excluding carboxylic acids is 1. The second kappa shape index (κ2) is 12.0. The number of rotatable bonds is 7. The van der Waals surface area contributed by atoms with Crippen molar-refractivity contribution in [1.29, 1.82) is 0 Å². The normalized spacial score (nSPS) is 18.7. The van der Waals surface area contributed by atoms with Gasteiger partial charge in [0, 0.05) is 35.2 Å². The van der Waals surface area contributed by atoms with Gasteiger partial charge in [-0.05, 0) is 93.6 Å². The fourth-order valence-corrected chi connectivity index (χ4v) is 5.44. The van der Waals surface area contributed by atoms with Crippen molar-refractivity contribution in [2.24, 2.45) is 11.8 Å². The highest BCUT2D eigenvalue weighted by Gasteiger charge is 2.33. The van der Waals surface area contributed by atoms with Crippen molar-refractivity contribution in [2.75, 3.05) is 18.1 Å². The number of carbonyl (C=O) groups is 1. The van der Waals surface area contributed by atoms with Crippen LogP contribution in [0.25, 0.3) is 17.0 Å². The van der Waals surface area contributed by atoms with E-state index >= 15 is 0 Å². The lowest BCUT2D eigenvalue weighted by Gasteiger charge is -2.40. The zero-order valence-electron chi connectivity index (χ0n) is 23.6. The van der Waals surface area contributed by atoms with Gasteiger partial charge in [-0.25, -0.2) is 0 Å². The number of pyridine rings is 1. The van der Waals surface area contributed by atoms with Crippen molar-refractivity contribution >= 4 is 34.3 Å². The second-order valence-corrected chi connectivity index (χ2v) is 10.9. The average Bonchev–Trinajstić information content (AvgIpc) is 3.68. The van der Waals surface area contributed by atoms with Gasteiger partial charge in [0.05, 0.1) is 35.2 Å². The van der Waals surface area contributed by atoms with Crippen molar-refractivity contribution in [3.63, 3.8) is 0 Å². The van der Waals surface area contributed by atoms with E-state index < -0.39 is 0 Å². The van der Waals surface area contributed by atoms with Crippen LogP contribution in [-0.4, -0.2) is 40.5 Å². The number of nitrogens with one attached hydrogen (secondary N) is 2. The predicted molar refractivity (Wildman–Crippen MR) is 163 cm³/mol. The first-order valence-electron chi connectivity index (χ1n) is 14.4. The van der Waals surface area contributed by atoms with E-state index in [1.807, 2.05) is 43.5 Å². The topological polar surface area (TPSA) is 83.1 Å². The number of hydrogen-bond acceptors (Lipinski definition) is 5. The van der Waals surface area contributed by atoms with Gasteiger partial charge in [0.2, 0.25) is 0 Å². The largest absolute Gasteiger partial charge is 0.357 e. The quantitative estimate of drug-likeness (QED) is 0.266. The minimum atomic E-state index is -0.324. The summed E-state index contributed by atoms with van der Waals surface area (Å²) in [6.45, 7) is 5.08. The Morgan fingerprint density at radius 3 is 2.88 bits per heavy atom. The molecule has 2 fully saturated rings. The van der Waals surface area contributed by atoms with Gasteiger partial charge >= 0.3 is 0 Å². The molecule has 2 N–H and O–H groups in total. The third kappa shape index (κ3) is 6.34. The number of hydrogen-bond donors (Lipinski definition) is 2. The highest BCUT2D eigenvalue weighted by molar-refractivity contribution is 6.01. The third-order valence-electron chi connectivity index (χ3n) is 7.56. The molecule has 3 heterocycles. The van der Waals surface area contributed by atoms with Gasteiger partial charge in [0.15, 0.2) is 0 Å². The van der Waals surface area contributed by atoms with Crippen LogP contribution in [0.5, 0.6) is 0 Å². The van der Waals surface area contributed by atoms with Crippen molar-refractivity contribution in [1.82, 2.24) is 20.5 Å². The van der Waals surface area contributed by atoms with Gasteiger partial charge in [0.1, 0.15) is 6.23 Å². The Kier molecular flexibility index (Phi) is 7.84. The SMILES string of the molecule is Cc1cc(C)nc(C=CC2CCCOC2N(c2ccc3cn[nH]c3c2)c2ccccc2C(=O)NCC#CC2CC2)c1. The summed E-state index contributed by atoms with van der Waals surface area (Å²) >= 11 is 0. The Morgan fingerprint density at radius 1 is 1.15 bits per heavy atom. The molecule has 208 valence electrons. The molecule has 6 rings (SSSR count). The van der Waals surface area contributed by atoms with Crippen molar-refractivity contribution in [3.05, 3.63) is 89.4 Å². The van der Waals surface area contributed by atoms with E-state index in [4.69, 9.17) is 9.72 Å². The lowest BCUT2D eigenvalue weighted by Crippen LogP contribution is -2.43. The number of aryl methyl sites for hydroxylation is 2. The van der Waals surface area contributed by atoms with Crippen LogP contribution in [0.15, 0.2) is 66.9 Å². The molecule has 2 unspecified atom stereocenters. The molecule has 7 nitrogen and oxygen atoms in total. The number of aromatic amines is 1. The number of nitrogens with zero attached hydrogens (tertiary/aromatic N) is 3. The summed E-state index contributed by atoms with van der Waals surface area (Å²) in [5, 5.41) is 11.3. The number of anilines is 2. The standard InChI is InChI=1S/C34H35N5O2/c1-23-19-24(2)37-28(20-23)15-13-26-8-6-18-41-34(26)39(29-16-14-27-22-36-38-31(27)21-29)32-10-4-3-9-30(32)33(40)35-17-5-7-25-11-12-25/h3-4,9-10,13-16,19-22,25-26,34H,6,8,11-12,17-18H2,1-2H3,(H,35,40)(H,36,38). The maximum atomic E-state index is 13.5. The summed E-state index contributed by atoms with van der Waals surface area (Å²) in [4.78, 5) is 20.4. The zero-order valence-corrected chi connectivity index (χ0v) is 23.6. The van der Waals surface area contributed by atoms with Gasteiger partial charge in [-0.2, -0.15) is 5.10 Å². The third-order valence-corrected chi connectivity index (χ3v) is 7.56. The summed E-state index contributed by atoms with van der Waals surface area (Å²) in [7, 11) is 0. The van der Waals surface area contributed by atoms with Crippen LogP contribution in [0.3, 0.4) is 0 Å². The van der Waals surface area contributed by atoms with Crippen molar-refractivity contribution in [2.45, 2.75) is 45.8 Å². The van der Waals surface area contributed by atoms with E-state index in [0.29, 0.717) is 24.6 Å². The van der Waals surface area contributed by atoms with E-state index in [9.17, 15) is 4.79 Å². The van der Waals surface area contributed by atoms with Crippen LogP contribution < -0.4 is 10.2 Å². The molecule has 1 saturated carbocycles. The Balaban J connectivity index is 1.38. The molecular formula is C34H35N5O2. The maximum Gasteiger partial charge on any atom is 0.254 e. The van der Waals surface area contributed by atoms with Crippen LogP contribution in [0.2, 0.25) is 0 Å². The minimum absolute atomic E-state index is 0.0735. The number of benzene rings is 2. The Morgan fingerprint density at radius 2 is 2.02 bits per heavy atom. The first-order chi connectivity index (χ1) is 20.0. The molecule has 1 amide bonds. The molecule has 0 radical (unpaired) electrons. The van der Waals surface area contributed by atoms with Crippen molar-refractivity contribution in [3.8, 4) is 11.8 Å². The van der Waals surface area contributed by atoms with Crippen LogP contribution in [0.4, 0.5) is 11.4 Å². The van der Waals surface area contributed by atoms with Gasteiger partial charge in [-0.1, -0.05) is 30.0 Å². The smallest absolute Gasteiger partial charge is 0.254 e. The van der Waals surface area contributed by atoms with E-state index in [2.05, 4.69) is 75.6 Å². The molecule has 2 aromatic heterocycles.